The third kappa shape index (κ3) is 4.61. The Labute approximate surface area is 126 Å². The number of carbonyl (C=O) groups excluding carboxylic acids is 1. The lowest BCUT2D eigenvalue weighted by molar-refractivity contribution is -0.117. The summed E-state index contributed by atoms with van der Waals surface area (Å²) in [5.41, 5.74) is 2.93. The van der Waals surface area contributed by atoms with Crippen molar-refractivity contribution in [3.8, 4) is 11.8 Å². The van der Waals surface area contributed by atoms with Crippen LogP contribution in [-0.2, 0) is 11.2 Å². The molecule has 0 heterocycles. The van der Waals surface area contributed by atoms with Gasteiger partial charge in [-0.3, -0.25) is 4.79 Å². The van der Waals surface area contributed by atoms with E-state index in [9.17, 15) is 4.79 Å². The molecule has 0 bridgehead atoms. The summed E-state index contributed by atoms with van der Waals surface area (Å²) in [6, 6.07) is 5.87. The molecule has 1 aliphatic rings. The predicted octanol–water partition coefficient (Wildman–Crippen LogP) is 3.11. The lowest BCUT2D eigenvalue weighted by Gasteiger charge is -2.24. The maximum atomic E-state index is 12.0. The second-order valence-electron chi connectivity index (χ2n) is 5.55. The second-order valence-corrected chi connectivity index (χ2v) is 5.55. The summed E-state index contributed by atoms with van der Waals surface area (Å²) in [6.45, 7) is 2.16. The monoisotopic (exact) mass is 285 g/mol. The highest BCUT2D eigenvalue weighted by Gasteiger charge is 2.20. The molecule has 0 saturated heterocycles. The molecule has 21 heavy (non-hydrogen) atoms. The number of carbonyl (C=O) groups is 1. The van der Waals surface area contributed by atoms with Crippen molar-refractivity contribution in [2.24, 2.45) is 5.92 Å². The first-order chi connectivity index (χ1) is 10.2. The number of hydrogen-bond donors (Lipinski definition) is 2. The number of benzene rings is 1. The highest BCUT2D eigenvalue weighted by molar-refractivity contribution is 5.91. The Morgan fingerprint density at radius 3 is 2.86 bits per heavy atom. The molecule has 0 atom stereocenters. The Kier molecular flexibility index (Phi) is 5.83. The van der Waals surface area contributed by atoms with Gasteiger partial charge < -0.3 is 10.4 Å². The molecule has 0 aromatic heterocycles. The van der Waals surface area contributed by atoms with Crippen LogP contribution in [0.3, 0.4) is 0 Å². The van der Waals surface area contributed by atoms with Gasteiger partial charge in [0.2, 0.25) is 5.91 Å². The van der Waals surface area contributed by atoms with Crippen molar-refractivity contribution in [3.05, 3.63) is 29.3 Å². The molecular formula is C18H23NO2. The first kappa shape index (κ1) is 15.6. The molecule has 1 aromatic carbocycles. The highest BCUT2D eigenvalue weighted by atomic mass is 16.2. The number of aliphatic hydroxyl groups excluding tert-OH is 1. The molecule has 1 aromatic rings. The molecule has 0 aliphatic heterocycles. The van der Waals surface area contributed by atoms with Crippen molar-refractivity contribution >= 4 is 11.6 Å². The minimum Gasteiger partial charge on any atom is -0.395 e. The molecule has 2 rings (SSSR count). The van der Waals surface area contributed by atoms with Crippen LogP contribution in [0.4, 0.5) is 5.69 Å². The molecule has 0 unspecified atom stereocenters. The number of aliphatic hydroxyl groups is 1. The van der Waals surface area contributed by atoms with Crippen LogP contribution in [0.15, 0.2) is 18.2 Å². The summed E-state index contributed by atoms with van der Waals surface area (Å²) in [6.07, 6.45) is 5.62. The predicted molar refractivity (Wildman–Crippen MR) is 85.0 cm³/mol. The standard InChI is InChI=1S/C18H23NO2/c1-2-16-12-15(6-3-4-11-20)9-10-17(16)19-18(21)13-14-7-5-8-14/h9-10,12,14,20H,2,4-5,7-8,11,13H2,1H3,(H,19,21). The van der Waals surface area contributed by atoms with Crippen LogP contribution in [0.1, 0.15) is 50.2 Å². The van der Waals surface area contributed by atoms with Crippen molar-refractivity contribution < 1.29 is 9.90 Å². The molecule has 1 fully saturated rings. The third-order valence-corrected chi connectivity index (χ3v) is 3.93. The first-order valence-corrected chi connectivity index (χ1v) is 7.75. The first-order valence-electron chi connectivity index (χ1n) is 7.75. The summed E-state index contributed by atoms with van der Waals surface area (Å²) in [5, 5.41) is 11.8. The Balaban J connectivity index is 2.01. The number of aryl methyl sites for hydroxylation is 1. The van der Waals surface area contributed by atoms with Crippen molar-refractivity contribution in [2.75, 3.05) is 11.9 Å². The van der Waals surface area contributed by atoms with Crippen molar-refractivity contribution in [1.29, 1.82) is 0 Å². The van der Waals surface area contributed by atoms with E-state index in [1.54, 1.807) is 0 Å². The molecular weight excluding hydrogens is 262 g/mol. The van der Waals surface area contributed by atoms with Gasteiger partial charge in [-0.1, -0.05) is 25.2 Å². The van der Waals surface area contributed by atoms with Gasteiger partial charge >= 0.3 is 0 Å². The number of amides is 1. The van der Waals surface area contributed by atoms with E-state index in [0.29, 0.717) is 18.8 Å². The van der Waals surface area contributed by atoms with E-state index in [0.717, 1.165) is 23.2 Å². The van der Waals surface area contributed by atoms with Crippen molar-refractivity contribution in [3.63, 3.8) is 0 Å². The largest absolute Gasteiger partial charge is 0.395 e. The minimum absolute atomic E-state index is 0.0863. The summed E-state index contributed by atoms with van der Waals surface area (Å²) in [4.78, 5) is 12.0. The molecule has 0 radical (unpaired) electrons. The van der Waals surface area contributed by atoms with Crippen LogP contribution < -0.4 is 5.32 Å². The lowest BCUT2D eigenvalue weighted by atomic mass is 9.83. The van der Waals surface area contributed by atoms with Gasteiger partial charge in [-0.25, -0.2) is 0 Å². The quantitative estimate of drug-likeness (QED) is 0.817. The Morgan fingerprint density at radius 2 is 2.24 bits per heavy atom. The Morgan fingerprint density at radius 1 is 1.43 bits per heavy atom. The zero-order valence-corrected chi connectivity index (χ0v) is 12.6. The van der Waals surface area contributed by atoms with Gasteiger partial charge in [0, 0.05) is 24.1 Å². The highest BCUT2D eigenvalue weighted by Crippen LogP contribution is 2.30. The third-order valence-electron chi connectivity index (χ3n) is 3.93. The molecule has 112 valence electrons. The second kappa shape index (κ2) is 7.85. The van der Waals surface area contributed by atoms with Crippen LogP contribution in [-0.4, -0.2) is 17.6 Å². The summed E-state index contributed by atoms with van der Waals surface area (Å²) < 4.78 is 0. The van der Waals surface area contributed by atoms with Crippen LogP contribution >= 0.6 is 0 Å². The lowest BCUT2D eigenvalue weighted by Crippen LogP contribution is -2.21. The molecule has 1 saturated carbocycles. The van der Waals surface area contributed by atoms with E-state index in [2.05, 4.69) is 24.1 Å². The average molecular weight is 285 g/mol. The number of rotatable bonds is 5. The van der Waals surface area contributed by atoms with Crippen molar-refractivity contribution in [1.82, 2.24) is 0 Å². The Hall–Kier alpha value is -1.79. The summed E-state index contributed by atoms with van der Waals surface area (Å²) >= 11 is 0. The average Bonchev–Trinajstić information content (AvgIpc) is 2.44. The molecule has 3 heteroatoms. The van der Waals surface area contributed by atoms with E-state index in [1.807, 2.05) is 18.2 Å². The number of nitrogens with one attached hydrogen (secondary N) is 1. The fourth-order valence-electron chi connectivity index (χ4n) is 2.47. The van der Waals surface area contributed by atoms with Gasteiger partial charge in [0.05, 0.1) is 6.61 Å². The van der Waals surface area contributed by atoms with Gasteiger partial charge in [0.25, 0.3) is 0 Å². The smallest absolute Gasteiger partial charge is 0.224 e. The minimum atomic E-state index is 0.0863. The van der Waals surface area contributed by atoms with Gasteiger partial charge in [-0.15, -0.1) is 0 Å². The van der Waals surface area contributed by atoms with E-state index >= 15 is 0 Å². The van der Waals surface area contributed by atoms with Crippen LogP contribution in [0.2, 0.25) is 0 Å². The molecule has 0 spiro atoms. The fourth-order valence-corrected chi connectivity index (χ4v) is 2.47. The van der Waals surface area contributed by atoms with Gasteiger partial charge in [-0.2, -0.15) is 0 Å². The number of anilines is 1. The van der Waals surface area contributed by atoms with Gasteiger partial charge in [0.15, 0.2) is 0 Å². The maximum absolute atomic E-state index is 12.0. The van der Waals surface area contributed by atoms with E-state index in [1.165, 1.54) is 19.3 Å². The maximum Gasteiger partial charge on any atom is 0.224 e. The fraction of sp³-hybridized carbons (Fsp3) is 0.500. The SMILES string of the molecule is CCc1cc(C#CCCO)ccc1NC(=O)CC1CCC1. The zero-order chi connectivity index (χ0) is 15.1. The van der Waals surface area contributed by atoms with E-state index < -0.39 is 0 Å². The van der Waals surface area contributed by atoms with E-state index in [4.69, 9.17) is 5.11 Å². The Bertz CT molecular complexity index is 550. The number of hydrogen-bond acceptors (Lipinski definition) is 2. The summed E-state index contributed by atoms with van der Waals surface area (Å²) in [7, 11) is 0. The van der Waals surface area contributed by atoms with Crippen LogP contribution in [0, 0.1) is 17.8 Å². The zero-order valence-electron chi connectivity index (χ0n) is 12.6. The van der Waals surface area contributed by atoms with Crippen LogP contribution in [0.5, 0.6) is 0 Å². The molecule has 1 aliphatic carbocycles. The molecule has 2 N–H and O–H groups in total. The van der Waals surface area contributed by atoms with Crippen molar-refractivity contribution in [2.45, 2.75) is 45.4 Å². The molecule has 3 nitrogen and oxygen atoms in total. The summed E-state index contributed by atoms with van der Waals surface area (Å²) in [5.74, 6) is 6.65. The topological polar surface area (TPSA) is 49.3 Å². The van der Waals surface area contributed by atoms with Gasteiger partial charge in [0.1, 0.15) is 0 Å². The van der Waals surface area contributed by atoms with Crippen LogP contribution in [0.25, 0.3) is 0 Å². The van der Waals surface area contributed by atoms with E-state index in [-0.39, 0.29) is 12.5 Å². The van der Waals surface area contributed by atoms with Gasteiger partial charge in [-0.05, 0) is 48.9 Å². The molecule has 1 amide bonds. The normalized spacial score (nSPS) is 14.0.